The van der Waals surface area contributed by atoms with E-state index in [4.69, 9.17) is 57.9 Å². The van der Waals surface area contributed by atoms with Crippen molar-refractivity contribution in [3.8, 4) is 46.0 Å². The molecule has 14 rings (SSSR count). The molecule has 0 spiro atoms. The highest BCUT2D eigenvalue weighted by atomic mass is 16.5. The fraction of sp³-hybridized carbons (Fsp3) is 0.333. The van der Waals surface area contributed by atoms with Gasteiger partial charge < -0.3 is 37.9 Å². The lowest BCUT2D eigenvalue weighted by molar-refractivity contribution is 0.304. The molecule has 0 atom stereocenters. The molecule has 0 unspecified atom stereocenters. The minimum atomic E-state index is 0.532. The molecule has 108 heavy (non-hydrogen) atoms. The smallest absolute Gasteiger partial charge is 0.126 e. The van der Waals surface area contributed by atoms with Gasteiger partial charge in [0.2, 0.25) is 0 Å². The molecule has 0 saturated carbocycles. The summed E-state index contributed by atoms with van der Waals surface area (Å²) in [6.45, 7) is 21.7. The monoisotopic (exact) mass is 1440 g/mol. The van der Waals surface area contributed by atoms with Gasteiger partial charge in [-0.2, -0.15) is 0 Å². The van der Waals surface area contributed by atoms with Gasteiger partial charge in [0, 0.05) is 121 Å². The molecule has 2 aliphatic carbocycles. The molecule has 4 aliphatic rings. The van der Waals surface area contributed by atoms with Crippen LogP contribution in [0, 0.1) is 0 Å². The second kappa shape index (κ2) is 37.2. The second-order valence-corrected chi connectivity index (χ2v) is 28.6. The van der Waals surface area contributed by atoms with Crippen molar-refractivity contribution in [1.29, 1.82) is 0 Å². The van der Waals surface area contributed by atoms with E-state index in [1.807, 2.05) is 24.9 Å². The molecular weight excluding hydrogens is 1340 g/mol. The van der Waals surface area contributed by atoms with Gasteiger partial charge in [0.1, 0.15) is 46.0 Å². The molecule has 0 fully saturated rings. The molecule has 0 radical (unpaired) electrons. The maximum atomic E-state index is 6.99. The predicted molar refractivity (Wildman–Crippen MR) is 442 cm³/mol. The van der Waals surface area contributed by atoms with Crippen molar-refractivity contribution >= 4 is 47.6 Å². The molecule has 0 amide bonds. The molecule has 12 nitrogen and oxygen atoms in total. The van der Waals surface area contributed by atoms with Crippen LogP contribution in [0.2, 0.25) is 0 Å². The van der Waals surface area contributed by atoms with Crippen LogP contribution in [0.4, 0.5) is 22.7 Å². The van der Waals surface area contributed by atoms with E-state index < -0.39 is 0 Å². The third kappa shape index (κ3) is 18.6. The minimum absolute atomic E-state index is 0.532. The third-order valence-electron chi connectivity index (χ3n) is 19.5. The van der Waals surface area contributed by atoms with Gasteiger partial charge in [0.05, 0.1) is 75.6 Å². The summed E-state index contributed by atoms with van der Waals surface area (Å²) in [4.78, 5) is 21.5. The van der Waals surface area contributed by atoms with Crippen LogP contribution in [-0.2, 0) is 51.4 Å². The van der Waals surface area contributed by atoms with Crippen LogP contribution in [0.15, 0.2) is 190 Å². The highest BCUT2D eigenvalue weighted by Crippen LogP contribution is 2.45. The minimum Gasteiger partial charge on any atom is -0.493 e. The first-order valence-electron chi connectivity index (χ1n) is 39.6. The zero-order valence-corrected chi connectivity index (χ0v) is 64.5. The van der Waals surface area contributed by atoms with Crippen molar-refractivity contribution in [2.75, 3.05) is 52.9 Å². The van der Waals surface area contributed by atoms with Gasteiger partial charge in [-0.25, -0.2) is 0 Å². The van der Waals surface area contributed by atoms with E-state index >= 15 is 0 Å². The van der Waals surface area contributed by atoms with Crippen LogP contribution < -0.4 is 37.9 Å². The lowest BCUT2D eigenvalue weighted by Gasteiger charge is -2.23. The van der Waals surface area contributed by atoms with Crippen LogP contribution in [-0.4, -0.2) is 77.7 Å². The molecule has 0 N–H and O–H groups in total. The molecular formula is C96H104N4O8. The highest BCUT2D eigenvalue weighted by Gasteiger charge is 2.27. The van der Waals surface area contributed by atoms with Gasteiger partial charge >= 0.3 is 0 Å². The molecule has 0 saturated heterocycles. The first kappa shape index (κ1) is 75.5. The molecule has 24 bridgehead atoms. The summed E-state index contributed by atoms with van der Waals surface area (Å²) >= 11 is 0. The Morgan fingerprint density at radius 2 is 0.343 bits per heavy atom. The SMILES string of the molecule is CCCOc1c2cccc1Cc1cc3cc(c1OCCC)Cc1cccc(c1OCCC)Cc1cc(cc(c1OCCC)C2)N=Cc1cccc(c1)C=Nc1cc2c(OCCC)c(c1)Cc1cccc(c1OCCC)Cc1cc(cc(c1OCCC)Cc1cccc(c1OCCC)C2)N=Cc1cccc(c1)C=N3. The second-order valence-electron chi connectivity index (χ2n) is 28.6. The van der Waals surface area contributed by atoms with Crippen LogP contribution in [0.5, 0.6) is 46.0 Å². The Labute approximate surface area is 640 Å². The van der Waals surface area contributed by atoms with E-state index in [0.717, 1.165) is 231 Å². The Morgan fingerprint density at radius 1 is 0.194 bits per heavy atom. The van der Waals surface area contributed by atoms with Gasteiger partial charge in [0.25, 0.3) is 0 Å². The molecule has 556 valence electrons. The van der Waals surface area contributed by atoms with Crippen molar-refractivity contribution in [3.63, 3.8) is 0 Å². The number of hydrogen-bond donors (Lipinski definition) is 0. The Hall–Kier alpha value is -10.7. The third-order valence-corrected chi connectivity index (χ3v) is 19.5. The quantitative estimate of drug-likeness (QED) is 0.0586. The van der Waals surface area contributed by atoms with Gasteiger partial charge in [-0.3, -0.25) is 20.0 Å². The number of benzene rings is 10. The fourth-order valence-corrected chi connectivity index (χ4v) is 14.8. The first-order valence-corrected chi connectivity index (χ1v) is 39.6. The number of aliphatic imine (C=N–C) groups is 4. The average molecular weight is 1440 g/mol. The summed E-state index contributed by atoms with van der Waals surface area (Å²) < 4.78 is 55.9. The fourth-order valence-electron chi connectivity index (χ4n) is 14.8. The van der Waals surface area contributed by atoms with E-state index in [2.05, 4.69) is 225 Å². The van der Waals surface area contributed by atoms with Gasteiger partial charge in [-0.1, -0.05) is 165 Å². The van der Waals surface area contributed by atoms with Crippen molar-refractivity contribution in [1.82, 2.24) is 0 Å². The lowest BCUT2D eigenvalue weighted by Crippen LogP contribution is -2.10. The van der Waals surface area contributed by atoms with Crippen molar-refractivity contribution < 1.29 is 37.9 Å². The zero-order valence-electron chi connectivity index (χ0n) is 64.5. The summed E-state index contributed by atoms with van der Waals surface area (Å²) in [6.07, 6.45) is 18.9. The van der Waals surface area contributed by atoms with Crippen LogP contribution in [0.3, 0.4) is 0 Å². The number of rotatable bonds is 24. The van der Waals surface area contributed by atoms with Crippen molar-refractivity contribution in [3.05, 3.63) is 281 Å². The Bertz CT molecular complexity index is 4130. The van der Waals surface area contributed by atoms with Crippen LogP contribution >= 0.6 is 0 Å². The average Bonchev–Trinajstić information content (AvgIpc) is 0.784. The molecule has 2 aliphatic heterocycles. The summed E-state index contributed by atoms with van der Waals surface area (Å²) in [5.74, 6) is 6.91. The summed E-state index contributed by atoms with van der Waals surface area (Å²) in [6, 6.07) is 60.8. The molecule has 10 aromatic carbocycles. The molecule has 12 heteroatoms. The molecule has 0 aromatic heterocycles. The molecule has 2 heterocycles. The van der Waals surface area contributed by atoms with Gasteiger partial charge in [-0.05, 0) is 179 Å². The maximum absolute atomic E-state index is 6.99. The molecule has 10 aromatic rings. The topological polar surface area (TPSA) is 123 Å². The number of nitrogens with zero attached hydrogens (tertiary/aromatic N) is 4. The number of hydrogen-bond acceptors (Lipinski definition) is 12. The number of para-hydroxylation sites is 4. The largest absolute Gasteiger partial charge is 0.493 e. The summed E-state index contributed by atoms with van der Waals surface area (Å²) in [7, 11) is 0. The van der Waals surface area contributed by atoms with E-state index in [9.17, 15) is 0 Å². The highest BCUT2D eigenvalue weighted by molar-refractivity contribution is 5.90. The number of ether oxygens (including phenoxy) is 8. The van der Waals surface area contributed by atoms with E-state index in [1.54, 1.807) is 0 Å². The summed E-state index contributed by atoms with van der Waals surface area (Å²) in [5.41, 5.74) is 23.6. The normalized spacial score (nSPS) is 13.0. The Morgan fingerprint density at radius 3 is 0.500 bits per heavy atom. The van der Waals surface area contributed by atoms with Gasteiger partial charge in [-0.15, -0.1) is 0 Å². The first-order chi connectivity index (χ1) is 53.1. The maximum Gasteiger partial charge on any atom is 0.126 e. The van der Waals surface area contributed by atoms with Crippen molar-refractivity contribution in [2.45, 2.75) is 158 Å². The predicted octanol–water partition coefficient (Wildman–Crippen LogP) is 22.7. The Balaban J connectivity index is 1.06. The zero-order chi connectivity index (χ0) is 74.6. The Kier molecular flexibility index (Phi) is 26.0. The van der Waals surface area contributed by atoms with E-state index in [-0.39, 0.29) is 0 Å². The summed E-state index contributed by atoms with van der Waals surface area (Å²) in [5, 5.41) is 0. The van der Waals surface area contributed by atoms with E-state index in [0.29, 0.717) is 104 Å². The van der Waals surface area contributed by atoms with Gasteiger partial charge in [0.15, 0.2) is 0 Å². The van der Waals surface area contributed by atoms with E-state index in [1.165, 1.54) is 0 Å². The van der Waals surface area contributed by atoms with Crippen LogP contribution in [0.1, 0.15) is 218 Å². The van der Waals surface area contributed by atoms with Crippen LogP contribution in [0.25, 0.3) is 0 Å². The lowest BCUT2D eigenvalue weighted by atomic mass is 9.90. The van der Waals surface area contributed by atoms with Crippen molar-refractivity contribution in [2.24, 2.45) is 20.0 Å². The standard InChI is InChI=1S/C96H104N4O8/c1-9-35-101-89-69-27-19-28-70(89)46-78-54-86-56-80(94(78)106-40-14-6)48-72-30-20-29-71(90(72)102-36-10-2)47-79-55-85(53-77(45-69)93(79)105-39-13-5)97-61-65-23-17-25-67(43-65)63-99-87-57-81-49-73-31-21-32-74(91(73)103-37-11-3)50-82-58-88(100-64-68-26-18-24-66(44-68)62-98-86)60-84(96(82)108-42-16-8)52-76-34-22-33-75(92(76)104-38-12-4)51-83(59-87)95(81)107-41-15-7/h17-34,43-44,53-64H,9-16,35-42,45-52H2,1-8H3.